The number of anilines is 1. The Morgan fingerprint density at radius 1 is 0.889 bits per heavy atom. The molecule has 4 bridgehead atoms. The van der Waals surface area contributed by atoms with Crippen molar-refractivity contribution in [3.8, 4) is 16.9 Å². The average molecular weight is 629 g/mol. The molecule has 3 aromatic rings. The highest BCUT2D eigenvalue weighted by atomic mass is 32.2. The summed E-state index contributed by atoms with van der Waals surface area (Å²) in [5.41, 5.74) is 5.86. The van der Waals surface area contributed by atoms with E-state index in [9.17, 15) is 18.3 Å². The van der Waals surface area contributed by atoms with E-state index in [1.165, 1.54) is 36.6 Å². The number of carbonyl (C=O) groups excluding carboxylic acids is 1. The van der Waals surface area contributed by atoms with E-state index in [1.807, 2.05) is 12.1 Å². The van der Waals surface area contributed by atoms with Crippen molar-refractivity contribution in [1.29, 1.82) is 0 Å². The normalized spacial score (nSPS) is 26.2. The minimum Gasteiger partial charge on any atom is -0.506 e. The van der Waals surface area contributed by atoms with Gasteiger partial charge < -0.3 is 10.0 Å². The van der Waals surface area contributed by atoms with Gasteiger partial charge in [0.05, 0.1) is 11.9 Å². The Morgan fingerprint density at radius 2 is 1.56 bits per heavy atom. The van der Waals surface area contributed by atoms with E-state index in [1.54, 1.807) is 24.4 Å². The molecular weight excluding hydrogens is 584 g/mol. The van der Waals surface area contributed by atoms with Crippen LogP contribution in [0.15, 0.2) is 60.9 Å². The van der Waals surface area contributed by atoms with E-state index in [-0.39, 0.29) is 16.9 Å². The number of benzene rings is 2. The number of sulfonamides is 1. The van der Waals surface area contributed by atoms with Gasteiger partial charge in [-0.3, -0.25) is 14.7 Å². The second-order valence-corrected chi connectivity index (χ2v) is 15.9. The van der Waals surface area contributed by atoms with Crippen LogP contribution in [-0.2, 0) is 23.0 Å². The predicted octanol–water partition coefficient (Wildman–Crippen LogP) is 5.61. The van der Waals surface area contributed by atoms with Crippen molar-refractivity contribution in [2.45, 2.75) is 58.4 Å². The summed E-state index contributed by atoms with van der Waals surface area (Å²) >= 11 is 0. The number of aromatic nitrogens is 1. The van der Waals surface area contributed by atoms with Crippen LogP contribution in [0.3, 0.4) is 0 Å². The number of aryl methyl sites for hydroxylation is 1. The third-order valence-electron chi connectivity index (χ3n) is 10.8. The van der Waals surface area contributed by atoms with E-state index in [0.717, 1.165) is 75.2 Å². The summed E-state index contributed by atoms with van der Waals surface area (Å²) in [6.45, 7) is 6.65. The van der Waals surface area contributed by atoms with E-state index < -0.39 is 15.9 Å². The maximum absolute atomic E-state index is 13.2. The molecule has 1 saturated heterocycles. The molecule has 2 aromatic carbocycles. The van der Waals surface area contributed by atoms with Gasteiger partial charge in [0.1, 0.15) is 5.75 Å². The van der Waals surface area contributed by atoms with E-state index >= 15 is 0 Å². The molecule has 0 spiro atoms. The van der Waals surface area contributed by atoms with Crippen LogP contribution < -0.4 is 9.62 Å². The van der Waals surface area contributed by atoms with Crippen LogP contribution in [0, 0.1) is 23.2 Å². The Bertz CT molecular complexity index is 1630. The highest BCUT2D eigenvalue weighted by Gasteiger charge is 2.52. The van der Waals surface area contributed by atoms with Crippen LogP contribution in [0.5, 0.6) is 5.75 Å². The lowest BCUT2D eigenvalue weighted by molar-refractivity contribution is -0.0391. The Hall–Kier alpha value is -3.43. The average Bonchev–Trinajstić information content (AvgIpc) is 3.00. The van der Waals surface area contributed by atoms with Gasteiger partial charge in [0, 0.05) is 55.7 Å². The number of hydrogen-bond donors (Lipinski definition) is 2. The van der Waals surface area contributed by atoms with Crippen molar-refractivity contribution < 1.29 is 18.3 Å². The first kappa shape index (κ1) is 30.2. The van der Waals surface area contributed by atoms with Crippen LogP contribution in [0.25, 0.3) is 11.1 Å². The van der Waals surface area contributed by atoms with Crippen LogP contribution in [0.4, 0.5) is 5.69 Å². The van der Waals surface area contributed by atoms with Gasteiger partial charge in [-0.1, -0.05) is 25.1 Å². The van der Waals surface area contributed by atoms with Crippen molar-refractivity contribution >= 4 is 21.6 Å². The van der Waals surface area contributed by atoms with Gasteiger partial charge in [-0.25, -0.2) is 13.1 Å². The van der Waals surface area contributed by atoms with Gasteiger partial charge in [-0.05, 0) is 115 Å². The van der Waals surface area contributed by atoms with Crippen molar-refractivity contribution in [3.05, 3.63) is 77.6 Å². The number of rotatable bonds is 9. The molecule has 4 aliphatic carbocycles. The third kappa shape index (κ3) is 6.61. The van der Waals surface area contributed by atoms with Gasteiger partial charge >= 0.3 is 0 Å². The lowest BCUT2D eigenvalue weighted by Crippen LogP contribution is -2.51. The summed E-state index contributed by atoms with van der Waals surface area (Å²) in [5, 5.41) is 9.82. The van der Waals surface area contributed by atoms with Crippen LogP contribution in [0.1, 0.15) is 66.9 Å². The smallest absolute Gasteiger partial charge is 0.264 e. The Morgan fingerprint density at radius 3 is 2.18 bits per heavy atom. The number of aromatic hydroxyl groups is 1. The lowest BCUT2D eigenvalue weighted by Gasteiger charge is -2.56. The number of nitrogens with one attached hydrogen (secondary N) is 1. The van der Waals surface area contributed by atoms with Gasteiger partial charge in [0.2, 0.25) is 10.0 Å². The molecule has 2 N–H and O–H groups in total. The molecular formula is C36H44N4O4S. The molecule has 5 aliphatic rings. The molecule has 8 rings (SSSR count). The minimum absolute atomic E-state index is 0.0799. The second kappa shape index (κ2) is 12.1. The van der Waals surface area contributed by atoms with Crippen LogP contribution >= 0.6 is 0 Å². The molecule has 0 unspecified atom stereocenters. The predicted molar refractivity (Wildman–Crippen MR) is 177 cm³/mol. The first-order valence-corrected chi connectivity index (χ1v) is 18.2. The highest BCUT2D eigenvalue weighted by molar-refractivity contribution is 7.90. The Labute approximate surface area is 266 Å². The maximum Gasteiger partial charge on any atom is 0.264 e. The summed E-state index contributed by atoms with van der Waals surface area (Å²) in [4.78, 5) is 21.9. The molecule has 5 fully saturated rings. The number of piperazine rings is 1. The fourth-order valence-corrected chi connectivity index (χ4v) is 10.8. The molecule has 0 atom stereocenters. The zero-order valence-corrected chi connectivity index (χ0v) is 26.9. The Kier molecular flexibility index (Phi) is 8.10. The van der Waals surface area contributed by atoms with Crippen molar-refractivity contribution in [1.82, 2.24) is 14.6 Å². The maximum atomic E-state index is 13.2. The summed E-state index contributed by atoms with van der Waals surface area (Å²) < 4.78 is 28.7. The molecule has 1 aliphatic heterocycles. The SMILES string of the molecule is CCc1cc(-c2cncc(O)c2)ccc1CN1CCN(c2ccc(C(=O)NS(=O)(=O)CC34CC5CC(CC(C5)C3)C4)cc2)CC1. The largest absolute Gasteiger partial charge is 0.506 e. The van der Waals surface area contributed by atoms with Gasteiger partial charge in [0.25, 0.3) is 5.91 Å². The summed E-state index contributed by atoms with van der Waals surface area (Å²) in [5.74, 6) is 1.73. The number of amides is 1. The fourth-order valence-electron chi connectivity index (χ4n) is 9.21. The highest BCUT2D eigenvalue weighted by Crippen LogP contribution is 2.60. The molecule has 0 radical (unpaired) electrons. The molecule has 2 heterocycles. The third-order valence-corrected chi connectivity index (χ3v) is 12.3. The van der Waals surface area contributed by atoms with E-state index in [2.05, 4.69) is 44.6 Å². The standard InChI is InChI=1S/C36H44N4O4S/c1-2-28-16-30(32-17-34(41)22-37-21-32)3-4-31(28)23-39-9-11-40(12-10-39)33-7-5-29(6-8-33)35(42)38-45(43,44)24-36-18-25-13-26(19-36)15-27(14-25)20-36/h3-8,16-17,21-22,25-27,41H,2,9-15,18-20,23-24H2,1H3,(H,38,42). The van der Waals surface area contributed by atoms with Gasteiger partial charge in [0.15, 0.2) is 0 Å². The van der Waals surface area contributed by atoms with Crippen LogP contribution in [-0.4, -0.2) is 61.2 Å². The van der Waals surface area contributed by atoms with Gasteiger partial charge in [-0.15, -0.1) is 0 Å². The van der Waals surface area contributed by atoms with Crippen LogP contribution in [0.2, 0.25) is 0 Å². The molecule has 9 heteroatoms. The zero-order chi connectivity index (χ0) is 31.2. The first-order chi connectivity index (χ1) is 21.7. The van der Waals surface area contributed by atoms with E-state index in [0.29, 0.717) is 23.3 Å². The quantitative estimate of drug-likeness (QED) is 0.317. The number of nitrogens with zero attached hydrogens (tertiary/aromatic N) is 3. The number of pyridine rings is 1. The van der Waals surface area contributed by atoms with Crippen molar-refractivity contribution in [2.75, 3.05) is 36.8 Å². The number of hydrogen-bond acceptors (Lipinski definition) is 7. The molecule has 1 amide bonds. The summed E-state index contributed by atoms with van der Waals surface area (Å²) in [6, 6.07) is 15.6. The summed E-state index contributed by atoms with van der Waals surface area (Å²) in [7, 11) is -3.71. The molecule has 8 nitrogen and oxygen atoms in total. The first-order valence-electron chi connectivity index (χ1n) is 16.5. The topological polar surface area (TPSA) is 103 Å². The van der Waals surface area contributed by atoms with Gasteiger partial charge in [-0.2, -0.15) is 0 Å². The molecule has 238 valence electrons. The van der Waals surface area contributed by atoms with Crippen molar-refractivity contribution in [2.24, 2.45) is 23.2 Å². The van der Waals surface area contributed by atoms with E-state index in [4.69, 9.17) is 0 Å². The molecule has 1 aromatic heterocycles. The monoisotopic (exact) mass is 628 g/mol. The fraction of sp³-hybridized carbons (Fsp3) is 0.500. The molecule has 45 heavy (non-hydrogen) atoms. The Balaban J connectivity index is 0.925. The number of carbonyl (C=O) groups is 1. The molecule has 4 saturated carbocycles. The summed E-state index contributed by atoms with van der Waals surface area (Å²) in [6.07, 6.45) is 10.9. The zero-order valence-electron chi connectivity index (χ0n) is 26.1. The van der Waals surface area contributed by atoms with Crippen molar-refractivity contribution in [3.63, 3.8) is 0 Å². The second-order valence-electron chi connectivity index (χ2n) is 14.2. The lowest BCUT2D eigenvalue weighted by atomic mass is 9.50. The minimum atomic E-state index is -3.71.